The van der Waals surface area contributed by atoms with Gasteiger partial charge in [-0.1, -0.05) is 30.3 Å². The van der Waals surface area contributed by atoms with Gasteiger partial charge < -0.3 is 9.73 Å². The predicted octanol–water partition coefficient (Wildman–Crippen LogP) is 4.05. The number of aryl methyl sites for hydroxylation is 1. The van der Waals surface area contributed by atoms with Crippen LogP contribution in [-0.4, -0.2) is 31.1 Å². The highest BCUT2D eigenvalue weighted by molar-refractivity contribution is 7.92. The van der Waals surface area contributed by atoms with Crippen molar-refractivity contribution in [3.63, 3.8) is 0 Å². The Balaban J connectivity index is 1.42. The number of anilines is 2. The number of amides is 1. The van der Waals surface area contributed by atoms with Crippen LogP contribution in [0.3, 0.4) is 0 Å². The average Bonchev–Trinajstić information content (AvgIpc) is 3.51. The Labute approximate surface area is 190 Å². The molecule has 33 heavy (non-hydrogen) atoms. The molecule has 0 bridgehead atoms. The fourth-order valence-electron chi connectivity index (χ4n) is 3.87. The van der Waals surface area contributed by atoms with Crippen molar-refractivity contribution in [2.24, 2.45) is 0 Å². The smallest absolute Gasteiger partial charge is 0.264 e. The van der Waals surface area contributed by atoms with Crippen molar-refractivity contribution in [3.05, 3.63) is 89.8 Å². The minimum Gasteiger partial charge on any atom is -0.423 e. The zero-order chi connectivity index (χ0) is 23.0. The number of nitrogens with zero attached hydrogens (tertiary/aromatic N) is 3. The van der Waals surface area contributed by atoms with Crippen LogP contribution in [0.4, 0.5) is 11.4 Å². The number of para-hydroxylation sites is 1. The largest absolute Gasteiger partial charge is 0.423 e. The number of sulfonamides is 1. The lowest BCUT2D eigenvalue weighted by molar-refractivity contribution is 0.102. The number of carbonyl (C=O) groups is 1. The molecule has 3 aromatic carbocycles. The molecule has 2 heterocycles. The lowest BCUT2D eigenvalue weighted by atomic mass is 10.1. The first-order chi connectivity index (χ1) is 15.9. The van der Waals surface area contributed by atoms with Crippen LogP contribution in [0.15, 0.2) is 82.4 Å². The van der Waals surface area contributed by atoms with E-state index in [0.717, 1.165) is 11.1 Å². The second-order valence-electron chi connectivity index (χ2n) is 7.71. The average molecular weight is 461 g/mol. The van der Waals surface area contributed by atoms with E-state index in [2.05, 4.69) is 15.5 Å². The zero-order valence-electron chi connectivity index (χ0n) is 17.7. The summed E-state index contributed by atoms with van der Waals surface area (Å²) in [5, 5.41) is 10.4. The molecule has 0 saturated heterocycles. The van der Waals surface area contributed by atoms with Gasteiger partial charge in [0.25, 0.3) is 15.9 Å². The molecule has 0 aliphatic carbocycles. The summed E-state index contributed by atoms with van der Waals surface area (Å²) in [4.78, 5) is 13.1. The quantitative estimate of drug-likeness (QED) is 0.482. The van der Waals surface area contributed by atoms with Crippen molar-refractivity contribution in [1.82, 2.24) is 10.2 Å². The highest BCUT2D eigenvalue weighted by atomic mass is 32.2. The summed E-state index contributed by atoms with van der Waals surface area (Å²) in [6, 6.07) is 18.9. The molecule has 8 nitrogen and oxygen atoms in total. The number of hydrogen-bond acceptors (Lipinski definition) is 6. The first-order valence-corrected chi connectivity index (χ1v) is 11.8. The third-order valence-corrected chi connectivity index (χ3v) is 7.43. The fourth-order valence-corrected chi connectivity index (χ4v) is 5.42. The summed E-state index contributed by atoms with van der Waals surface area (Å²) in [7, 11) is -3.80. The minimum atomic E-state index is -3.80. The number of hydrogen-bond donors (Lipinski definition) is 1. The van der Waals surface area contributed by atoms with Gasteiger partial charge in [-0.05, 0) is 60.9 Å². The van der Waals surface area contributed by atoms with E-state index < -0.39 is 15.9 Å². The number of nitrogens with one attached hydrogen (secondary N) is 1. The van der Waals surface area contributed by atoms with Gasteiger partial charge in [-0.3, -0.25) is 9.10 Å². The summed E-state index contributed by atoms with van der Waals surface area (Å²) in [6.45, 7) is 2.23. The number of carbonyl (C=O) groups excluding carboxylic acids is 1. The molecule has 1 aliphatic heterocycles. The molecule has 1 amide bonds. The van der Waals surface area contributed by atoms with Crippen LogP contribution in [0.25, 0.3) is 11.5 Å². The fraction of sp³-hybridized carbons (Fsp3) is 0.125. The van der Waals surface area contributed by atoms with Crippen LogP contribution in [-0.2, 0) is 16.4 Å². The van der Waals surface area contributed by atoms with Gasteiger partial charge in [-0.25, -0.2) is 8.42 Å². The first-order valence-electron chi connectivity index (χ1n) is 10.3. The third kappa shape index (κ3) is 3.87. The molecule has 0 fully saturated rings. The topological polar surface area (TPSA) is 105 Å². The standard InChI is InChI=1S/C24H20N4O4S/c1-16-9-10-19(24-27-25-15-32-24)14-21(16)26-23(29)18-6-4-7-20(13-18)33(30,31)28-12-11-17-5-2-3-8-22(17)28/h2-10,13-15H,11-12H2,1H3,(H,26,29). The Kier molecular flexibility index (Phi) is 5.18. The van der Waals surface area contributed by atoms with Crippen molar-refractivity contribution >= 4 is 27.3 Å². The normalized spacial score (nSPS) is 13.1. The zero-order valence-corrected chi connectivity index (χ0v) is 18.5. The highest BCUT2D eigenvalue weighted by Crippen LogP contribution is 2.33. The van der Waals surface area contributed by atoms with Gasteiger partial charge >= 0.3 is 0 Å². The highest BCUT2D eigenvalue weighted by Gasteiger charge is 2.31. The van der Waals surface area contributed by atoms with Crippen molar-refractivity contribution in [3.8, 4) is 11.5 Å². The lowest BCUT2D eigenvalue weighted by Gasteiger charge is -2.20. The molecule has 1 aliphatic rings. The monoisotopic (exact) mass is 460 g/mol. The van der Waals surface area contributed by atoms with Crippen LogP contribution < -0.4 is 9.62 Å². The van der Waals surface area contributed by atoms with Crippen LogP contribution in [0.2, 0.25) is 0 Å². The Morgan fingerprint density at radius 1 is 1.06 bits per heavy atom. The number of rotatable bonds is 5. The van der Waals surface area contributed by atoms with E-state index in [0.29, 0.717) is 35.8 Å². The van der Waals surface area contributed by atoms with Crippen LogP contribution >= 0.6 is 0 Å². The molecule has 9 heteroatoms. The molecule has 1 aromatic heterocycles. The van der Waals surface area contributed by atoms with Gasteiger partial charge in [0, 0.05) is 23.4 Å². The second kappa shape index (κ2) is 8.18. The summed E-state index contributed by atoms with van der Waals surface area (Å²) >= 11 is 0. The molecular weight excluding hydrogens is 440 g/mol. The SMILES string of the molecule is Cc1ccc(-c2nnco2)cc1NC(=O)c1cccc(S(=O)(=O)N2CCc3ccccc32)c1. The molecule has 1 N–H and O–H groups in total. The summed E-state index contributed by atoms with van der Waals surface area (Å²) in [5.74, 6) is -0.0795. The molecule has 0 atom stereocenters. The number of benzene rings is 3. The van der Waals surface area contributed by atoms with Gasteiger partial charge in [0.1, 0.15) is 0 Å². The van der Waals surface area contributed by atoms with Crippen LogP contribution in [0, 0.1) is 6.92 Å². The second-order valence-corrected chi connectivity index (χ2v) is 9.57. The van der Waals surface area contributed by atoms with E-state index in [9.17, 15) is 13.2 Å². The first kappa shape index (κ1) is 20.9. The van der Waals surface area contributed by atoms with Crippen molar-refractivity contribution in [1.29, 1.82) is 0 Å². The molecule has 0 unspecified atom stereocenters. The maximum absolute atomic E-state index is 13.3. The molecule has 4 aromatic rings. The number of fused-ring (bicyclic) bond motifs is 1. The van der Waals surface area contributed by atoms with Gasteiger partial charge in [-0.2, -0.15) is 0 Å². The third-order valence-electron chi connectivity index (χ3n) is 5.62. The summed E-state index contributed by atoms with van der Waals surface area (Å²) in [5.41, 5.74) is 3.98. The van der Waals surface area contributed by atoms with E-state index in [1.54, 1.807) is 24.3 Å². The van der Waals surface area contributed by atoms with E-state index in [1.165, 1.54) is 22.8 Å². The lowest BCUT2D eigenvalue weighted by Crippen LogP contribution is -2.29. The van der Waals surface area contributed by atoms with Crippen molar-refractivity contribution in [2.75, 3.05) is 16.2 Å². The molecule has 5 rings (SSSR count). The van der Waals surface area contributed by atoms with E-state index in [4.69, 9.17) is 4.42 Å². The maximum atomic E-state index is 13.3. The number of aromatic nitrogens is 2. The Morgan fingerprint density at radius 3 is 2.73 bits per heavy atom. The molecule has 0 saturated carbocycles. The predicted molar refractivity (Wildman–Crippen MR) is 124 cm³/mol. The Morgan fingerprint density at radius 2 is 1.91 bits per heavy atom. The Hall–Kier alpha value is -3.98. The van der Waals surface area contributed by atoms with Gasteiger partial charge in [-0.15, -0.1) is 10.2 Å². The van der Waals surface area contributed by atoms with Gasteiger partial charge in [0.15, 0.2) is 0 Å². The summed E-state index contributed by atoms with van der Waals surface area (Å²) < 4.78 is 33.3. The Bertz CT molecular complexity index is 1450. The molecule has 166 valence electrons. The van der Waals surface area contributed by atoms with E-state index >= 15 is 0 Å². The van der Waals surface area contributed by atoms with Crippen LogP contribution in [0.1, 0.15) is 21.5 Å². The molecule has 0 spiro atoms. The molecular formula is C24H20N4O4S. The van der Waals surface area contributed by atoms with Crippen molar-refractivity contribution in [2.45, 2.75) is 18.2 Å². The van der Waals surface area contributed by atoms with Crippen LogP contribution in [0.5, 0.6) is 0 Å². The van der Waals surface area contributed by atoms with Crippen molar-refractivity contribution < 1.29 is 17.6 Å². The minimum absolute atomic E-state index is 0.0724. The maximum Gasteiger partial charge on any atom is 0.264 e. The molecule has 0 radical (unpaired) electrons. The van der Waals surface area contributed by atoms with E-state index in [1.807, 2.05) is 37.3 Å². The van der Waals surface area contributed by atoms with Gasteiger partial charge in [0.2, 0.25) is 12.3 Å². The van der Waals surface area contributed by atoms with Gasteiger partial charge in [0.05, 0.1) is 10.6 Å². The van der Waals surface area contributed by atoms with E-state index in [-0.39, 0.29) is 10.5 Å². The summed E-state index contributed by atoms with van der Waals surface area (Å²) in [6.07, 6.45) is 1.89.